The van der Waals surface area contributed by atoms with Crippen LogP contribution in [0.3, 0.4) is 0 Å². The Labute approximate surface area is 130 Å². The average Bonchev–Trinajstić information content (AvgIpc) is 2.94. The Morgan fingerprint density at radius 2 is 2.00 bits per heavy atom. The van der Waals surface area contributed by atoms with Gasteiger partial charge in [-0.3, -0.25) is 4.79 Å². The summed E-state index contributed by atoms with van der Waals surface area (Å²) in [5.41, 5.74) is -0.0625. The predicted molar refractivity (Wildman–Crippen MR) is 87.4 cm³/mol. The zero-order chi connectivity index (χ0) is 15.9. The Bertz CT molecular complexity index is 329. The van der Waals surface area contributed by atoms with Crippen LogP contribution in [-0.4, -0.2) is 49.7 Å². The van der Waals surface area contributed by atoms with Gasteiger partial charge in [0, 0.05) is 13.1 Å². The average molecular weight is 298 g/mol. The maximum absolute atomic E-state index is 12.1. The first-order chi connectivity index (χ1) is 9.95. The smallest absolute Gasteiger partial charge is 0.325 e. The van der Waals surface area contributed by atoms with E-state index in [-0.39, 0.29) is 5.97 Å². The second-order valence-electron chi connectivity index (χ2n) is 6.73. The first-order valence-electron chi connectivity index (χ1n) is 8.51. The molecule has 1 saturated heterocycles. The van der Waals surface area contributed by atoms with E-state index in [1.54, 1.807) is 0 Å². The molecule has 1 rings (SSSR count). The van der Waals surface area contributed by atoms with Crippen molar-refractivity contribution in [1.29, 1.82) is 0 Å². The van der Waals surface area contributed by atoms with Gasteiger partial charge >= 0.3 is 5.97 Å². The van der Waals surface area contributed by atoms with Gasteiger partial charge in [-0.1, -0.05) is 20.8 Å². The van der Waals surface area contributed by atoms with E-state index < -0.39 is 5.54 Å². The monoisotopic (exact) mass is 298 g/mol. The van der Waals surface area contributed by atoms with Crippen LogP contribution in [-0.2, 0) is 9.53 Å². The van der Waals surface area contributed by atoms with E-state index >= 15 is 0 Å². The van der Waals surface area contributed by atoms with E-state index in [1.807, 2.05) is 6.92 Å². The number of ether oxygens (including phenoxy) is 1. The van der Waals surface area contributed by atoms with E-state index in [0.717, 1.165) is 32.5 Å². The summed E-state index contributed by atoms with van der Waals surface area (Å²) >= 11 is 0. The molecule has 124 valence electrons. The highest BCUT2D eigenvalue weighted by Crippen LogP contribution is 2.37. The third-order valence-corrected chi connectivity index (χ3v) is 5.35. The van der Waals surface area contributed by atoms with Gasteiger partial charge in [0.15, 0.2) is 0 Å². The molecule has 0 aromatic heterocycles. The molecule has 1 aliphatic rings. The zero-order valence-electron chi connectivity index (χ0n) is 14.6. The molecule has 0 aromatic rings. The van der Waals surface area contributed by atoms with Crippen LogP contribution >= 0.6 is 0 Å². The van der Waals surface area contributed by atoms with Crippen LogP contribution in [0.5, 0.6) is 0 Å². The number of nitrogens with one attached hydrogen (secondary N) is 1. The number of nitrogens with zero attached hydrogens (tertiary/aromatic N) is 1. The summed E-state index contributed by atoms with van der Waals surface area (Å²) in [6, 6.07) is 0. The molecular weight excluding hydrogens is 264 g/mol. The Morgan fingerprint density at radius 3 is 2.48 bits per heavy atom. The molecule has 1 atom stereocenters. The van der Waals surface area contributed by atoms with Crippen molar-refractivity contribution in [3.8, 4) is 0 Å². The van der Waals surface area contributed by atoms with Gasteiger partial charge in [-0.05, 0) is 57.5 Å². The predicted octanol–water partition coefficient (Wildman–Crippen LogP) is 2.82. The third kappa shape index (κ3) is 4.68. The summed E-state index contributed by atoms with van der Waals surface area (Å²) < 4.78 is 4.99. The molecule has 21 heavy (non-hydrogen) atoms. The van der Waals surface area contributed by atoms with Gasteiger partial charge < -0.3 is 15.0 Å². The second kappa shape index (κ2) is 8.14. The molecular formula is C17H34N2O2. The Balaban J connectivity index is 2.56. The van der Waals surface area contributed by atoms with Crippen LogP contribution in [0.15, 0.2) is 0 Å². The highest BCUT2D eigenvalue weighted by Gasteiger charge is 2.38. The van der Waals surface area contributed by atoms with Crippen LogP contribution in [0.4, 0.5) is 0 Å². The summed E-state index contributed by atoms with van der Waals surface area (Å²) in [5.74, 6) is -0.146. The lowest BCUT2D eigenvalue weighted by Gasteiger charge is -2.31. The molecule has 0 aromatic carbocycles. The first kappa shape index (κ1) is 18.4. The van der Waals surface area contributed by atoms with Gasteiger partial charge in [0.25, 0.3) is 0 Å². The number of likely N-dealkylation sites (tertiary alicyclic amines) is 1. The molecule has 0 bridgehead atoms. The lowest BCUT2D eigenvalue weighted by Crippen LogP contribution is -2.52. The summed E-state index contributed by atoms with van der Waals surface area (Å²) in [5, 5.41) is 3.37. The van der Waals surface area contributed by atoms with Crippen molar-refractivity contribution >= 4 is 5.97 Å². The lowest BCUT2D eigenvalue weighted by molar-refractivity contribution is -0.148. The standard InChI is InChI=1S/C17H34N2O2/c1-6-11-18-16(4,15(20)21-5)9-12-19-13-10-17(7-2,8-3)14-19/h18H,6-14H2,1-5H3. The van der Waals surface area contributed by atoms with E-state index in [4.69, 9.17) is 4.74 Å². The van der Waals surface area contributed by atoms with Gasteiger partial charge in [-0.2, -0.15) is 0 Å². The number of carbonyl (C=O) groups is 1. The van der Waals surface area contributed by atoms with Crippen molar-refractivity contribution in [3.05, 3.63) is 0 Å². The Hall–Kier alpha value is -0.610. The minimum Gasteiger partial charge on any atom is -0.468 e. The van der Waals surface area contributed by atoms with Gasteiger partial charge in [-0.25, -0.2) is 0 Å². The lowest BCUT2D eigenvalue weighted by atomic mass is 9.82. The highest BCUT2D eigenvalue weighted by atomic mass is 16.5. The number of hydrogen-bond donors (Lipinski definition) is 1. The van der Waals surface area contributed by atoms with Crippen molar-refractivity contribution in [2.45, 2.75) is 65.3 Å². The molecule has 1 heterocycles. The normalized spacial score (nSPS) is 21.2. The molecule has 1 unspecified atom stereocenters. The summed E-state index contributed by atoms with van der Waals surface area (Å²) in [6.07, 6.45) is 5.62. The molecule has 1 fully saturated rings. The van der Waals surface area contributed by atoms with Crippen molar-refractivity contribution in [2.24, 2.45) is 5.41 Å². The topological polar surface area (TPSA) is 41.6 Å². The van der Waals surface area contributed by atoms with Gasteiger partial charge in [-0.15, -0.1) is 0 Å². The van der Waals surface area contributed by atoms with Gasteiger partial charge in [0.2, 0.25) is 0 Å². The fraction of sp³-hybridized carbons (Fsp3) is 0.941. The zero-order valence-corrected chi connectivity index (χ0v) is 14.6. The fourth-order valence-corrected chi connectivity index (χ4v) is 3.32. The number of carbonyl (C=O) groups excluding carboxylic acids is 1. The van der Waals surface area contributed by atoms with Gasteiger partial charge in [0.1, 0.15) is 5.54 Å². The molecule has 0 saturated carbocycles. The number of methoxy groups -OCH3 is 1. The molecule has 0 amide bonds. The Morgan fingerprint density at radius 1 is 1.33 bits per heavy atom. The Kier molecular flexibility index (Phi) is 7.14. The van der Waals surface area contributed by atoms with E-state index in [1.165, 1.54) is 32.9 Å². The number of esters is 1. The van der Waals surface area contributed by atoms with E-state index in [9.17, 15) is 4.79 Å². The van der Waals surface area contributed by atoms with Crippen molar-refractivity contribution in [1.82, 2.24) is 10.2 Å². The first-order valence-corrected chi connectivity index (χ1v) is 8.51. The molecule has 1 N–H and O–H groups in total. The van der Waals surface area contributed by atoms with E-state index in [2.05, 4.69) is 31.0 Å². The van der Waals surface area contributed by atoms with Crippen LogP contribution in [0.25, 0.3) is 0 Å². The minimum absolute atomic E-state index is 0.146. The van der Waals surface area contributed by atoms with Crippen LogP contribution < -0.4 is 5.32 Å². The summed E-state index contributed by atoms with van der Waals surface area (Å²) in [4.78, 5) is 14.6. The van der Waals surface area contributed by atoms with E-state index in [0.29, 0.717) is 5.41 Å². The largest absolute Gasteiger partial charge is 0.468 e. The van der Waals surface area contributed by atoms with Crippen molar-refractivity contribution in [2.75, 3.05) is 33.3 Å². The van der Waals surface area contributed by atoms with Crippen LogP contribution in [0, 0.1) is 5.41 Å². The summed E-state index contributed by atoms with van der Waals surface area (Å²) in [7, 11) is 1.48. The molecule has 4 nitrogen and oxygen atoms in total. The SMILES string of the molecule is CCCNC(C)(CCN1CCC(CC)(CC)C1)C(=O)OC. The quantitative estimate of drug-likeness (QED) is 0.665. The van der Waals surface area contributed by atoms with Crippen LogP contribution in [0.2, 0.25) is 0 Å². The maximum Gasteiger partial charge on any atom is 0.325 e. The number of hydrogen-bond acceptors (Lipinski definition) is 4. The maximum atomic E-state index is 12.1. The fourth-order valence-electron chi connectivity index (χ4n) is 3.32. The summed E-state index contributed by atoms with van der Waals surface area (Å²) in [6.45, 7) is 12.8. The molecule has 4 heteroatoms. The minimum atomic E-state index is -0.561. The molecule has 0 radical (unpaired) electrons. The van der Waals surface area contributed by atoms with Crippen molar-refractivity contribution in [3.63, 3.8) is 0 Å². The van der Waals surface area contributed by atoms with Crippen molar-refractivity contribution < 1.29 is 9.53 Å². The third-order valence-electron chi connectivity index (χ3n) is 5.35. The highest BCUT2D eigenvalue weighted by molar-refractivity contribution is 5.80. The molecule has 0 spiro atoms. The second-order valence-corrected chi connectivity index (χ2v) is 6.73. The van der Waals surface area contributed by atoms with Gasteiger partial charge in [0.05, 0.1) is 7.11 Å². The molecule has 1 aliphatic heterocycles. The van der Waals surface area contributed by atoms with Crippen LogP contribution in [0.1, 0.15) is 59.8 Å². The molecule has 0 aliphatic carbocycles. The number of rotatable bonds is 9.